The predicted molar refractivity (Wildman–Crippen MR) is 141 cm³/mol. The second-order valence-corrected chi connectivity index (χ2v) is 8.77. The number of rotatable bonds is 12. The van der Waals surface area contributed by atoms with Crippen LogP contribution in [0.3, 0.4) is 0 Å². The number of carboxylic acids is 1. The van der Waals surface area contributed by atoms with Gasteiger partial charge in [-0.25, -0.2) is 9.78 Å². The van der Waals surface area contributed by atoms with Gasteiger partial charge in [-0.2, -0.15) is 0 Å². The fourth-order valence-electron chi connectivity index (χ4n) is 4.05. The molecule has 0 saturated heterocycles. The molecule has 4 aromatic rings. The first-order chi connectivity index (χ1) is 17.9. The molecule has 1 atom stereocenters. The van der Waals surface area contributed by atoms with E-state index < -0.39 is 12.1 Å². The molecule has 1 aromatic heterocycles. The lowest BCUT2D eigenvalue weighted by molar-refractivity contribution is -0.144. The molecular weight excluding hydrogens is 468 g/mol. The predicted octanol–water partition coefficient (Wildman–Crippen LogP) is 5.66. The fourth-order valence-corrected chi connectivity index (χ4v) is 4.05. The van der Waals surface area contributed by atoms with Gasteiger partial charge in [-0.1, -0.05) is 54.6 Å². The van der Waals surface area contributed by atoms with Crippen LogP contribution in [-0.4, -0.2) is 39.6 Å². The first-order valence-corrected chi connectivity index (χ1v) is 12.2. The summed E-state index contributed by atoms with van der Waals surface area (Å²) in [6, 6.07) is 24.4. The second-order valence-electron chi connectivity index (χ2n) is 8.77. The van der Waals surface area contributed by atoms with E-state index in [0.29, 0.717) is 29.4 Å². The summed E-state index contributed by atoms with van der Waals surface area (Å²) in [7, 11) is 1.58. The summed E-state index contributed by atoms with van der Waals surface area (Å²) in [5.74, 6) is 0.403. The number of carbonyl (C=O) groups is 2. The number of hydrogen-bond acceptors (Lipinski definition) is 5. The van der Waals surface area contributed by atoms with Gasteiger partial charge in [0.2, 0.25) is 5.78 Å². The number of aromatic nitrogens is 2. The third-order valence-electron chi connectivity index (χ3n) is 6.05. The van der Waals surface area contributed by atoms with E-state index in [1.165, 1.54) is 6.92 Å². The molecule has 0 aliphatic heterocycles. The van der Waals surface area contributed by atoms with Gasteiger partial charge in [0.1, 0.15) is 11.5 Å². The summed E-state index contributed by atoms with van der Waals surface area (Å²) in [6.45, 7) is 2.14. The molecule has 0 aliphatic rings. The minimum atomic E-state index is -1.00. The van der Waals surface area contributed by atoms with Gasteiger partial charge < -0.3 is 19.1 Å². The summed E-state index contributed by atoms with van der Waals surface area (Å²) in [5, 5.41) is 9.07. The van der Waals surface area contributed by atoms with Crippen LogP contribution in [0.4, 0.5) is 0 Å². The summed E-state index contributed by atoms with van der Waals surface area (Å²) >= 11 is 0. The maximum atomic E-state index is 13.4. The molecule has 37 heavy (non-hydrogen) atoms. The van der Waals surface area contributed by atoms with Crippen molar-refractivity contribution in [1.29, 1.82) is 0 Å². The van der Waals surface area contributed by atoms with E-state index in [1.807, 2.05) is 59.3 Å². The highest BCUT2D eigenvalue weighted by atomic mass is 16.5. The van der Waals surface area contributed by atoms with Crippen LogP contribution in [0, 0.1) is 0 Å². The van der Waals surface area contributed by atoms with Crippen molar-refractivity contribution in [2.75, 3.05) is 7.11 Å². The lowest BCUT2D eigenvalue weighted by Crippen LogP contribution is -2.22. The number of hydrogen-bond donors (Lipinski definition) is 1. The average molecular weight is 499 g/mol. The number of aryl methyl sites for hydroxylation is 2. The van der Waals surface area contributed by atoms with E-state index in [0.717, 1.165) is 36.1 Å². The zero-order valence-electron chi connectivity index (χ0n) is 21.0. The highest BCUT2D eigenvalue weighted by Gasteiger charge is 2.19. The zero-order chi connectivity index (χ0) is 26.2. The molecule has 1 heterocycles. The van der Waals surface area contributed by atoms with Gasteiger partial charge in [0, 0.05) is 23.9 Å². The van der Waals surface area contributed by atoms with Gasteiger partial charge in [-0.3, -0.25) is 4.79 Å². The van der Waals surface area contributed by atoms with Crippen molar-refractivity contribution in [2.45, 2.75) is 38.8 Å². The molecule has 3 aromatic carbocycles. The van der Waals surface area contributed by atoms with Crippen LogP contribution in [0.15, 0.2) is 85.1 Å². The molecule has 4 rings (SSSR count). The molecule has 7 nitrogen and oxygen atoms in total. The second kappa shape index (κ2) is 12.0. The number of ketones is 1. The number of methoxy groups -OCH3 is 1. The number of benzene rings is 3. The van der Waals surface area contributed by atoms with Crippen LogP contribution in [0.5, 0.6) is 11.5 Å². The van der Waals surface area contributed by atoms with Crippen LogP contribution >= 0.6 is 0 Å². The van der Waals surface area contributed by atoms with Gasteiger partial charge in [0.25, 0.3) is 0 Å². The Labute approximate surface area is 216 Å². The average Bonchev–Trinajstić information content (AvgIpc) is 3.35. The number of carboxylic acid groups (broad SMARTS) is 1. The van der Waals surface area contributed by atoms with E-state index in [-0.39, 0.29) is 5.78 Å². The van der Waals surface area contributed by atoms with Crippen LogP contribution in [0.2, 0.25) is 0 Å². The van der Waals surface area contributed by atoms with Crippen molar-refractivity contribution in [2.24, 2.45) is 0 Å². The Morgan fingerprint density at radius 1 is 0.946 bits per heavy atom. The van der Waals surface area contributed by atoms with Gasteiger partial charge in [0.05, 0.1) is 12.8 Å². The van der Waals surface area contributed by atoms with E-state index >= 15 is 0 Å². The van der Waals surface area contributed by atoms with Crippen molar-refractivity contribution in [3.8, 4) is 22.8 Å². The van der Waals surface area contributed by atoms with E-state index in [1.54, 1.807) is 37.4 Å². The Morgan fingerprint density at radius 3 is 2.46 bits per heavy atom. The standard InChI is InChI=1S/C30H30N2O5/c1-21(30(34)35)37-26-16-8-11-22(18-26)10-6-7-17-32-20-27(23-12-4-3-5-13-23)31-29(32)28(33)24-14-9-15-25(19-24)36-2/h3-5,8-9,11-16,18-21H,6-7,10,17H2,1-2H3,(H,34,35)/t21-/m0/s1. The number of carbonyl (C=O) groups excluding carboxylic acids is 1. The Kier molecular flexibility index (Phi) is 8.36. The maximum absolute atomic E-state index is 13.4. The molecule has 0 aliphatic carbocycles. The van der Waals surface area contributed by atoms with E-state index in [2.05, 4.69) is 0 Å². The first-order valence-electron chi connectivity index (χ1n) is 12.2. The molecule has 0 radical (unpaired) electrons. The van der Waals surface area contributed by atoms with Crippen molar-refractivity contribution < 1.29 is 24.2 Å². The molecule has 0 bridgehead atoms. The number of imidazole rings is 1. The Morgan fingerprint density at radius 2 is 1.70 bits per heavy atom. The van der Waals surface area contributed by atoms with Gasteiger partial charge in [-0.05, 0) is 56.0 Å². The van der Waals surface area contributed by atoms with E-state index in [4.69, 9.17) is 19.6 Å². The minimum absolute atomic E-state index is 0.154. The Bertz CT molecular complexity index is 1360. The number of unbranched alkanes of at least 4 members (excludes halogenated alkanes) is 1. The number of aliphatic carboxylic acids is 1. The molecule has 0 fully saturated rings. The molecule has 0 amide bonds. The van der Waals surface area contributed by atoms with Crippen molar-refractivity contribution in [3.05, 3.63) is 102 Å². The molecule has 1 N–H and O–H groups in total. The van der Waals surface area contributed by atoms with Crippen LogP contribution in [0.1, 0.15) is 41.5 Å². The first kappa shape index (κ1) is 25.7. The topological polar surface area (TPSA) is 90.6 Å². The van der Waals surface area contributed by atoms with Crippen molar-refractivity contribution in [1.82, 2.24) is 9.55 Å². The van der Waals surface area contributed by atoms with Gasteiger partial charge >= 0.3 is 5.97 Å². The molecule has 0 saturated carbocycles. The minimum Gasteiger partial charge on any atom is -0.497 e. The largest absolute Gasteiger partial charge is 0.497 e. The molecular formula is C30H30N2O5. The summed E-state index contributed by atoms with van der Waals surface area (Å²) in [4.78, 5) is 29.2. The van der Waals surface area contributed by atoms with Crippen molar-refractivity contribution in [3.63, 3.8) is 0 Å². The van der Waals surface area contributed by atoms with Crippen LogP contribution < -0.4 is 9.47 Å². The Balaban J connectivity index is 1.47. The quantitative estimate of drug-likeness (QED) is 0.200. The monoisotopic (exact) mass is 498 g/mol. The summed E-state index contributed by atoms with van der Waals surface area (Å²) in [6.07, 6.45) is 3.54. The maximum Gasteiger partial charge on any atom is 0.344 e. The lowest BCUT2D eigenvalue weighted by atomic mass is 10.1. The van der Waals surface area contributed by atoms with Gasteiger partial charge in [0.15, 0.2) is 11.9 Å². The summed E-state index contributed by atoms with van der Waals surface area (Å²) < 4.78 is 12.7. The highest BCUT2D eigenvalue weighted by Crippen LogP contribution is 2.23. The molecule has 0 unspecified atom stereocenters. The third-order valence-corrected chi connectivity index (χ3v) is 6.05. The third kappa shape index (κ3) is 6.64. The van der Waals surface area contributed by atoms with Gasteiger partial charge in [-0.15, -0.1) is 0 Å². The molecule has 190 valence electrons. The zero-order valence-corrected chi connectivity index (χ0v) is 21.0. The van der Waals surface area contributed by atoms with E-state index in [9.17, 15) is 9.59 Å². The van der Waals surface area contributed by atoms with Crippen LogP contribution in [-0.2, 0) is 17.8 Å². The highest BCUT2D eigenvalue weighted by molar-refractivity contribution is 6.07. The lowest BCUT2D eigenvalue weighted by Gasteiger charge is -2.11. The van der Waals surface area contributed by atoms with Crippen molar-refractivity contribution >= 4 is 11.8 Å². The smallest absolute Gasteiger partial charge is 0.344 e. The number of ether oxygens (including phenoxy) is 2. The molecule has 7 heteroatoms. The summed E-state index contributed by atoms with van der Waals surface area (Å²) in [5.41, 5.74) is 3.30. The SMILES string of the molecule is COc1cccc(C(=O)c2nc(-c3ccccc3)cn2CCCCc2cccc(O[C@@H](C)C(=O)O)c2)c1. The van der Waals surface area contributed by atoms with Crippen LogP contribution in [0.25, 0.3) is 11.3 Å². The molecule has 0 spiro atoms. The Hall–Kier alpha value is -4.39. The normalized spacial score (nSPS) is 11.6. The fraction of sp³-hybridized carbons (Fsp3) is 0.233. The number of nitrogens with zero attached hydrogens (tertiary/aromatic N) is 2.